The van der Waals surface area contributed by atoms with Crippen molar-refractivity contribution in [2.24, 2.45) is 0 Å². The fraction of sp³-hybridized carbons (Fsp3) is 0.318. The summed E-state index contributed by atoms with van der Waals surface area (Å²) in [4.78, 5) is 18.6. The highest BCUT2D eigenvalue weighted by Crippen LogP contribution is 2.28. The van der Waals surface area contributed by atoms with Crippen LogP contribution in [0.4, 0.5) is 5.69 Å². The number of para-hydroxylation sites is 1. The lowest BCUT2D eigenvalue weighted by Crippen LogP contribution is -2.22. The molecule has 29 heavy (non-hydrogen) atoms. The fourth-order valence-corrected chi connectivity index (χ4v) is 2.95. The molecule has 0 saturated heterocycles. The number of hydrogen-bond acceptors (Lipinski definition) is 7. The van der Waals surface area contributed by atoms with Gasteiger partial charge in [0.2, 0.25) is 11.7 Å². The molecule has 0 atom stereocenters. The molecule has 0 radical (unpaired) electrons. The maximum atomic E-state index is 12.0. The van der Waals surface area contributed by atoms with Gasteiger partial charge in [0.25, 0.3) is 0 Å². The number of esters is 1. The van der Waals surface area contributed by atoms with Gasteiger partial charge in [-0.05, 0) is 51.1 Å². The first-order chi connectivity index (χ1) is 14.2. The van der Waals surface area contributed by atoms with Gasteiger partial charge in [-0.2, -0.15) is 4.98 Å². The lowest BCUT2D eigenvalue weighted by molar-refractivity contribution is 0.0526. The Hall–Kier alpha value is -3.35. The van der Waals surface area contributed by atoms with Gasteiger partial charge in [0.05, 0.1) is 30.9 Å². The van der Waals surface area contributed by atoms with Crippen LogP contribution in [0.15, 0.2) is 53.1 Å². The van der Waals surface area contributed by atoms with Crippen molar-refractivity contribution in [2.75, 3.05) is 24.7 Å². The molecule has 0 amide bonds. The van der Waals surface area contributed by atoms with Crippen molar-refractivity contribution in [1.29, 1.82) is 0 Å². The number of ether oxygens (including phenoxy) is 2. The third kappa shape index (κ3) is 4.93. The number of carbonyl (C=O) groups is 1. The molecular weight excluding hydrogens is 370 g/mol. The summed E-state index contributed by atoms with van der Waals surface area (Å²) < 4.78 is 16.2. The van der Waals surface area contributed by atoms with E-state index in [1.54, 1.807) is 13.0 Å². The standard InChI is InChI=1S/C22H25N3O4/c1-4-25(17-11-9-10-16(14-17)22(26)28-6-3)15-20-23-21(24-29-20)18-12-7-8-13-19(18)27-5-2/h7-14H,4-6,15H2,1-3H3. The Balaban J connectivity index is 1.79. The van der Waals surface area contributed by atoms with E-state index < -0.39 is 0 Å². The summed E-state index contributed by atoms with van der Waals surface area (Å²) in [6, 6.07) is 14.9. The van der Waals surface area contributed by atoms with E-state index in [1.165, 1.54) is 0 Å². The zero-order valence-electron chi connectivity index (χ0n) is 16.9. The molecule has 0 aliphatic rings. The van der Waals surface area contributed by atoms with Crippen LogP contribution in [0.5, 0.6) is 5.75 Å². The number of anilines is 1. The minimum absolute atomic E-state index is 0.335. The summed E-state index contributed by atoms with van der Waals surface area (Å²) in [5.74, 6) is 1.35. The maximum absolute atomic E-state index is 12.0. The third-order valence-corrected chi connectivity index (χ3v) is 4.33. The Labute approximate surface area is 170 Å². The average Bonchev–Trinajstić information content (AvgIpc) is 3.21. The first kappa shape index (κ1) is 20.4. The highest BCUT2D eigenvalue weighted by atomic mass is 16.5. The van der Waals surface area contributed by atoms with Crippen molar-refractivity contribution in [1.82, 2.24) is 10.1 Å². The van der Waals surface area contributed by atoms with E-state index in [0.29, 0.717) is 43.6 Å². The quantitative estimate of drug-likeness (QED) is 0.499. The molecule has 1 aromatic heterocycles. The van der Waals surface area contributed by atoms with Crippen LogP contribution in [-0.4, -0.2) is 35.9 Å². The van der Waals surface area contributed by atoms with Gasteiger partial charge in [-0.15, -0.1) is 0 Å². The number of benzene rings is 2. The summed E-state index contributed by atoms with van der Waals surface area (Å²) in [5.41, 5.74) is 2.18. The highest BCUT2D eigenvalue weighted by Gasteiger charge is 2.16. The van der Waals surface area contributed by atoms with Gasteiger partial charge in [-0.3, -0.25) is 0 Å². The van der Waals surface area contributed by atoms with Crippen LogP contribution in [0, 0.1) is 0 Å². The number of nitrogens with zero attached hydrogens (tertiary/aromatic N) is 3. The molecule has 0 spiro atoms. The van der Waals surface area contributed by atoms with Gasteiger partial charge in [0.15, 0.2) is 0 Å². The van der Waals surface area contributed by atoms with E-state index in [9.17, 15) is 4.79 Å². The van der Waals surface area contributed by atoms with Crippen molar-refractivity contribution in [2.45, 2.75) is 27.3 Å². The van der Waals surface area contributed by atoms with Crippen molar-refractivity contribution >= 4 is 11.7 Å². The maximum Gasteiger partial charge on any atom is 0.338 e. The molecule has 2 aromatic carbocycles. The molecule has 0 fully saturated rings. The molecule has 0 N–H and O–H groups in total. The molecule has 1 heterocycles. The average molecular weight is 395 g/mol. The molecule has 0 bridgehead atoms. The van der Waals surface area contributed by atoms with E-state index in [-0.39, 0.29) is 5.97 Å². The van der Waals surface area contributed by atoms with Gasteiger partial charge in [-0.25, -0.2) is 4.79 Å². The molecular formula is C22H25N3O4. The minimum Gasteiger partial charge on any atom is -0.493 e. The molecule has 3 aromatic rings. The Morgan fingerprint density at radius 2 is 1.90 bits per heavy atom. The van der Waals surface area contributed by atoms with Crippen molar-refractivity contribution in [3.05, 3.63) is 60.0 Å². The number of carbonyl (C=O) groups excluding carboxylic acids is 1. The third-order valence-electron chi connectivity index (χ3n) is 4.33. The lowest BCUT2D eigenvalue weighted by atomic mass is 10.2. The molecule has 0 saturated carbocycles. The van der Waals surface area contributed by atoms with Crippen LogP contribution in [0.3, 0.4) is 0 Å². The Morgan fingerprint density at radius 1 is 1.07 bits per heavy atom. The van der Waals surface area contributed by atoms with Crippen LogP contribution in [0.25, 0.3) is 11.4 Å². The second-order valence-corrected chi connectivity index (χ2v) is 6.23. The molecule has 152 valence electrons. The summed E-state index contributed by atoms with van der Waals surface area (Å²) >= 11 is 0. The molecule has 7 nitrogen and oxygen atoms in total. The largest absolute Gasteiger partial charge is 0.493 e. The van der Waals surface area contributed by atoms with Crippen LogP contribution < -0.4 is 9.64 Å². The van der Waals surface area contributed by atoms with Gasteiger partial charge >= 0.3 is 5.97 Å². The van der Waals surface area contributed by atoms with E-state index in [2.05, 4.69) is 15.0 Å². The van der Waals surface area contributed by atoms with Crippen LogP contribution in [0.1, 0.15) is 37.0 Å². The Morgan fingerprint density at radius 3 is 2.66 bits per heavy atom. The second-order valence-electron chi connectivity index (χ2n) is 6.23. The van der Waals surface area contributed by atoms with Gasteiger partial charge in [0.1, 0.15) is 5.75 Å². The van der Waals surface area contributed by atoms with Crippen LogP contribution in [0.2, 0.25) is 0 Å². The molecule has 0 unspecified atom stereocenters. The van der Waals surface area contributed by atoms with Gasteiger partial charge < -0.3 is 18.9 Å². The number of hydrogen-bond donors (Lipinski definition) is 0. The molecule has 3 rings (SSSR count). The van der Waals surface area contributed by atoms with E-state index in [4.69, 9.17) is 14.0 Å². The zero-order valence-corrected chi connectivity index (χ0v) is 16.9. The SMILES string of the molecule is CCOC(=O)c1cccc(N(CC)Cc2nc(-c3ccccc3OCC)no2)c1. The monoisotopic (exact) mass is 395 g/mol. The Kier molecular flexibility index (Phi) is 6.84. The second kappa shape index (κ2) is 9.73. The summed E-state index contributed by atoms with van der Waals surface area (Å²) in [5, 5.41) is 4.11. The lowest BCUT2D eigenvalue weighted by Gasteiger charge is -2.21. The van der Waals surface area contributed by atoms with Crippen LogP contribution >= 0.6 is 0 Å². The Bertz CT molecular complexity index is 954. The summed E-state index contributed by atoms with van der Waals surface area (Å²) in [7, 11) is 0. The predicted octanol–water partition coefficient (Wildman–Crippen LogP) is 4.34. The first-order valence-corrected chi connectivity index (χ1v) is 9.73. The van der Waals surface area contributed by atoms with Crippen molar-refractivity contribution < 1.29 is 18.8 Å². The molecule has 0 aliphatic heterocycles. The van der Waals surface area contributed by atoms with Crippen molar-refractivity contribution in [3.63, 3.8) is 0 Å². The molecule has 0 aliphatic carbocycles. The normalized spacial score (nSPS) is 10.6. The number of aromatic nitrogens is 2. The van der Waals surface area contributed by atoms with Crippen LogP contribution in [-0.2, 0) is 11.3 Å². The highest BCUT2D eigenvalue weighted by molar-refractivity contribution is 5.90. The van der Waals surface area contributed by atoms with E-state index >= 15 is 0 Å². The summed E-state index contributed by atoms with van der Waals surface area (Å²) in [6.45, 7) is 7.78. The van der Waals surface area contributed by atoms with E-state index in [0.717, 1.165) is 17.0 Å². The smallest absolute Gasteiger partial charge is 0.338 e. The summed E-state index contributed by atoms with van der Waals surface area (Å²) in [6.07, 6.45) is 0. The minimum atomic E-state index is -0.335. The van der Waals surface area contributed by atoms with Gasteiger partial charge in [-0.1, -0.05) is 23.4 Å². The van der Waals surface area contributed by atoms with E-state index in [1.807, 2.05) is 56.3 Å². The fourth-order valence-electron chi connectivity index (χ4n) is 2.95. The first-order valence-electron chi connectivity index (χ1n) is 9.73. The number of rotatable bonds is 9. The van der Waals surface area contributed by atoms with Crippen molar-refractivity contribution in [3.8, 4) is 17.1 Å². The van der Waals surface area contributed by atoms with Gasteiger partial charge in [0, 0.05) is 12.2 Å². The molecule has 7 heteroatoms. The topological polar surface area (TPSA) is 77.7 Å². The predicted molar refractivity (Wildman–Crippen MR) is 110 cm³/mol. The zero-order chi connectivity index (χ0) is 20.6.